The Balaban J connectivity index is 0. The molecule has 128 valence electrons. The molecule has 14 heteroatoms. The lowest BCUT2D eigenvalue weighted by atomic mass is 10.6. The van der Waals surface area contributed by atoms with E-state index in [0.29, 0.717) is 0 Å². The maximum atomic E-state index is 10.2. The third kappa shape index (κ3) is 14.0. The maximum Gasteiger partial charge on any atom is 0.251 e. The van der Waals surface area contributed by atoms with E-state index in [0.717, 1.165) is 9.80 Å². The second-order valence-electron chi connectivity index (χ2n) is 3.79. The van der Waals surface area contributed by atoms with Gasteiger partial charge in [-0.25, -0.2) is 0 Å². The number of aliphatic carboxylic acids is 2. The largest absolute Gasteiger partial charge is 0.760 e. The van der Waals surface area contributed by atoms with Gasteiger partial charge in [0.2, 0.25) is 0 Å². The monoisotopic (exact) mass is 339 g/mol. The van der Waals surface area contributed by atoms with Gasteiger partial charge in [-0.2, -0.15) is 4.76 Å². The molecule has 22 heavy (non-hydrogen) atoms. The first-order valence-electron chi connectivity index (χ1n) is 5.31. The third-order valence-electron chi connectivity index (χ3n) is 1.76. The van der Waals surface area contributed by atoms with Crippen LogP contribution >= 0.6 is 7.75 Å². The summed E-state index contributed by atoms with van der Waals surface area (Å²) in [7, 11) is -2.28. The van der Waals surface area contributed by atoms with Crippen molar-refractivity contribution in [3.8, 4) is 0 Å². The highest BCUT2D eigenvalue weighted by molar-refractivity contribution is 7.49. The predicted molar refractivity (Wildman–Crippen MR) is 68.6 cm³/mol. The van der Waals surface area contributed by atoms with Gasteiger partial charge >= 0.3 is 0 Å². The summed E-state index contributed by atoms with van der Waals surface area (Å²) in [4.78, 5) is 40.1. The van der Waals surface area contributed by atoms with Crippen LogP contribution in [-0.2, 0) is 14.2 Å². The van der Waals surface area contributed by atoms with E-state index >= 15 is 0 Å². The summed E-state index contributed by atoms with van der Waals surface area (Å²) in [5, 5.41) is 26.5. The number of nitrogens with zero attached hydrogens (tertiary/aromatic N) is 3. The van der Waals surface area contributed by atoms with Crippen LogP contribution in [0.5, 0.6) is 0 Å². The van der Waals surface area contributed by atoms with Gasteiger partial charge in [0.1, 0.15) is 0 Å². The van der Waals surface area contributed by atoms with E-state index in [1.54, 1.807) is 0 Å². The molecule has 0 aliphatic carbocycles. The lowest BCUT2D eigenvalue weighted by molar-refractivity contribution is -0.306. The van der Waals surface area contributed by atoms with Crippen molar-refractivity contribution in [2.45, 2.75) is 0 Å². The Morgan fingerprint density at radius 1 is 1.18 bits per heavy atom. The Labute approximate surface area is 125 Å². The zero-order chi connectivity index (χ0) is 18.1. The number of carboxylic acids is 2. The average Bonchev–Trinajstić information content (AvgIpc) is 2.25. The van der Waals surface area contributed by atoms with Gasteiger partial charge in [0.15, 0.2) is 11.9 Å². The smallest absolute Gasteiger partial charge is 0.251 e. The molecule has 0 saturated heterocycles. The molecule has 0 aliphatic heterocycles. The van der Waals surface area contributed by atoms with Crippen molar-refractivity contribution >= 4 is 31.6 Å². The van der Waals surface area contributed by atoms with E-state index in [-0.39, 0.29) is 12.5 Å². The predicted octanol–water partition coefficient (Wildman–Crippen LogP) is -5.99. The fraction of sp³-hybridized carbons (Fsp3) is 0.500. The molecule has 1 unspecified atom stereocenters. The topological polar surface area (TPSA) is 235 Å². The molecule has 0 saturated carbocycles. The van der Waals surface area contributed by atoms with Crippen molar-refractivity contribution in [2.75, 3.05) is 27.2 Å². The highest BCUT2D eigenvalue weighted by Crippen LogP contribution is 2.30. The summed E-state index contributed by atoms with van der Waals surface area (Å²) in [6.45, 7) is -0.954. The number of rotatable bonds is 5. The Bertz CT molecular complexity index is 489. The lowest BCUT2D eigenvalue weighted by Gasteiger charge is -2.20. The van der Waals surface area contributed by atoms with Gasteiger partial charge in [0.25, 0.3) is 7.75 Å². The molecule has 0 spiro atoms. The molecule has 0 heterocycles. The van der Waals surface area contributed by atoms with Crippen molar-refractivity contribution in [3.05, 3.63) is 0 Å². The number of guanidine groups is 2. The standard InChI is InChI=1S/C4H10N3O5P.C4H9N3O2/c1-7(2-3(8)9)4(5)6-13(10,11)12;1-7(4(5)6)2-3(8)9/h2H2,1H3,(H,8,9)(H4,5,6,10,11,12);2H2,1H3,(H3,5,6)(H,8,9)/p-3. The van der Waals surface area contributed by atoms with E-state index in [9.17, 15) is 29.3 Å². The molecule has 0 fully saturated rings. The molecule has 0 bridgehead atoms. The van der Waals surface area contributed by atoms with Crippen LogP contribution in [0.4, 0.5) is 0 Å². The van der Waals surface area contributed by atoms with Gasteiger partial charge in [0, 0.05) is 14.1 Å². The fourth-order valence-electron chi connectivity index (χ4n) is 0.759. The van der Waals surface area contributed by atoms with Gasteiger partial charge in [-0.15, -0.1) is 0 Å². The normalized spacial score (nSPS) is 13.2. The van der Waals surface area contributed by atoms with Gasteiger partial charge in [-0.1, -0.05) is 0 Å². The Hall–Kier alpha value is -2.37. The molecule has 0 aromatic rings. The highest BCUT2D eigenvalue weighted by atomic mass is 31.2. The van der Waals surface area contributed by atoms with E-state index < -0.39 is 32.2 Å². The summed E-state index contributed by atoms with van der Waals surface area (Å²) in [5.41, 5.74) is 9.91. The highest BCUT2D eigenvalue weighted by Gasteiger charge is 2.05. The van der Waals surface area contributed by atoms with Crippen LogP contribution in [-0.4, -0.2) is 65.7 Å². The number of hydrogen-bond acceptors (Lipinski definition) is 7. The minimum atomic E-state index is -4.86. The average molecular weight is 339 g/mol. The molecule has 0 rings (SSSR count). The van der Waals surface area contributed by atoms with Crippen molar-refractivity contribution in [3.63, 3.8) is 0 Å². The summed E-state index contributed by atoms with van der Waals surface area (Å²) >= 11 is 0. The quantitative estimate of drug-likeness (QED) is 0.209. The van der Waals surface area contributed by atoms with E-state index in [1.807, 2.05) is 0 Å². The second-order valence-corrected chi connectivity index (χ2v) is 4.97. The van der Waals surface area contributed by atoms with Gasteiger partial charge in [0.05, 0.1) is 25.0 Å². The maximum absolute atomic E-state index is 10.2. The van der Waals surface area contributed by atoms with Crippen LogP contribution in [0.25, 0.3) is 0 Å². The number of nitrogens with two attached hydrogens (primary N) is 2. The van der Waals surface area contributed by atoms with E-state index in [4.69, 9.17) is 21.8 Å². The minimum absolute atomic E-state index is 0.279. The fourth-order valence-corrected chi connectivity index (χ4v) is 1.17. The molecule has 0 aromatic heterocycles. The van der Waals surface area contributed by atoms with E-state index in [2.05, 4.69) is 4.76 Å². The summed E-state index contributed by atoms with van der Waals surface area (Å²) < 4.78 is 12.8. The van der Waals surface area contributed by atoms with Crippen molar-refractivity contribution in [1.82, 2.24) is 9.80 Å². The van der Waals surface area contributed by atoms with Crippen molar-refractivity contribution < 1.29 is 34.2 Å². The lowest BCUT2D eigenvalue weighted by Crippen LogP contribution is -2.42. The number of carbonyl (C=O) groups is 2. The Kier molecular flexibility index (Phi) is 9.51. The van der Waals surface area contributed by atoms with Crippen LogP contribution in [0.1, 0.15) is 0 Å². The molecular weight excluding hydrogens is 323 g/mol. The zero-order valence-electron chi connectivity index (χ0n) is 11.8. The van der Waals surface area contributed by atoms with E-state index in [1.165, 1.54) is 14.1 Å². The van der Waals surface area contributed by atoms with Crippen LogP contribution < -0.4 is 26.6 Å². The first-order chi connectivity index (χ1) is 9.76. The third-order valence-corrected chi connectivity index (χ3v) is 2.22. The van der Waals surface area contributed by atoms with Crippen LogP contribution in [0.2, 0.25) is 0 Å². The number of carboxylic acid groups (broad SMARTS) is 2. The molecule has 13 nitrogen and oxygen atoms in total. The molecular formula is C8H16N6O7P-3. The number of hydrogen-bond donors (Lipinski definition) is 4. The first kappa shape index (κ1) is 21.9. The Morgan fingerprint density at radius 2 is 1.55 bits per heavy atom. The molecule has 0 aromatic carbocycles. The second kappa shape index (κ2) is 9.55. The van der Waals surface area contributed by atoms with Crippen LogP contribution in [0, 0.1) is 5.41 Å². The molecule has 0 radical (unpaired) electrons. The van der Waals surface area contributed by atoms with Crippen LogP contribution in [0.3, 0.4) is 0 Å². The van der Waals surface area contributed by atoms with Gasteiger partial charge in [-0.3, -0.25) is 9.97 Å². The van der Waals surface area contributed by atoms with Gasteiger partial charge < -0.3 is 50.9 Å². The summed E-state index contributed by atoms with van der Waals surface area (Å²) in [5.74, 6) is -3.59. The first-order valence-corrected chi connectivity index (χ1v) is 6.84. The summed E-state index contributed by atoms with van der Waals surface area (Å²) in [6, 6.07) is 0. The van der Waals surface area contributed by atoms with Crippen molar-refractivity contribution in [2.24, 2.45) is 16.2 Å². The van der Waals surface area contributed by atoms with Crippen LogP contribution in [0.15, 0.2) is 4.76 Å². The van der Waals surface area contributed by atoms with Gasteiger partial charge in [-0.05, 0) is 0 Å². The molecule has 1 atom stereocenters. The number of likely N-dealkylation sites (N-methyl/N-ethyl adjacent to an activating group) is 2. The summed E-state index contributed by atoms with van der Waals surface area (Å²) in [6.07, 6.45) is 0. The number of nitrogens with one attached hydrogen (secondary N) is 1. The number of carbonyl (C=O) groups excluding carboxylic acids is 2. The SMILES string of the molecule is CN(CC(=O)[O-])C(=N)N.CN(CC(=O)[O-])C(N)=NP(=O)([O-])O. The molecule has 6 N–H and O–H groups in total. The minimum Gasteiger partial charge on any atom is -0.760 e. The Morgan fingerprint density at radius 3 is 1.77 bits per heavy atom. The van der Waals surface area contributed by atoms with Crippen molar-refractivity contribution in [1.29, 1.82) is 5.41 Å². The molecule has 0 amide bonds. The molecule has 0 aliphatic rings. The zero-order valence-corrected chi connectivity index (χ0v) is 12.6.